The lowest BCUT2D eigenvalue weighted by Gasteiger charge is -2.15. The average Bonchev–Trinajstić information content (AvgIpc) is 3.08. The van der Waals surface area contributed by atoms with Crippen LogP contribution in [0, 0.1) is 0 Å². The summed E-state index contributed by atoms with van der Waals surface area (Å²) in [4.78, 5) is 24.1. The number of benzene rings is 1. The Kier molecular flexibility index (Phi) is 6.54. The van der Waals surface area contributed by atoms with Gasteiger partial charge < -0.3 is 14.8 Å². The molecule has 2 rings (SSSR count). The second kappa shape index (κ2) is 8.84. The lowest BCUT2D eigenvalue weighted by Crippen LogP contribution is -2.30. The van der Waals surface area contributed by atoms with Crippen LogP contribution >= 0.6 is 0 Å². The first-order valence-electron chi connectivity index (χ1n) is 8.28. The predicted octanol–water partition coefficient (Wildman–Crippen LogP) is 3.06. The maximum atomic E-state index is 12.2. The van der Waals surface area contributed by atoms with Gasteiger partial charge in [0.15, 0.2) is 6.10 Å². The van der Waals surface area contributed by atoms with Gasteiger partial charge in [0.25, 0.3) is 5.91 Å². The molecule has 0 saturated heterocycles. The van der Waals surface area contributed by atoms with Gasteiger partial charge in [-0.3, -0.25) is 4.79 Å². The fraction of sp³-hybridized carbons (Fsp3) is 0.316. The van der Waals surface area contributed by atoms with E-state index in [4.69, 9.17) is 9.47 Å². The topological polar surface area (TPSA) is 82.4 Å². The summed E-state index contributed by atoms with van der Waals surface area (Å²) in [6.07, 6.45) is 3.54. The third-order valence-electron chi connectivity index (χ3n) is 3.58. The summed E-state index contributed by atoms with van der Waals surface area (Å²) in [6, 6.07) is 9.03. The van der Waals surface area contributed by atoms with E-state index in [9.17, 15) is 9.59 Å². The zero-order chi connectivity index (χ0) is 19.1. The predicted molar refractivity (Wildman–Crippen MR) is 98.8 cm³/mol. The van der Waals surface area contributed by atoms with Crippen LogP contribution in [0.3, 0.4) is 0 Å². The van der Waals surface area contributed by atoms with Crippen molar-refractivity contribution in [3.63, 3.8) is 0 Å². The normalized spacial score (nSPS) is 12.2. The molecule has 0 aliphatic carbocycles. The molecule has 1 N–H and O–H groups in total. The molecular formula is C19H23N3O4. The van der Waals surface area contributed by atoms with Crippen molar-refractivity contribution < 1.29 is 19.1 Å². The van der Waals surface area contributed by atoms with E-state index in [1.54, 1.807) is 36.2 Å². The van der Waals surface area contributed by atoms with E-state index in [2.05, 4.69) is 10.4 Å². The van der Waals surface area contributed by atoms with Crippen LogP contribution in [0.1, 0.15) is 32.4 Å². The van der Waals surface area contributed by atoms with Crippen LogP contribution in [0.25, 0.3) is 6.08 Å². The Morgan fingerprint density at radius 2 is 2.00 bits per heavy atom. The SMILES string of the molecule is COc1cccc(/C=C/C(=O)O[C@@H](C)C(=O)Nc2ccnn2C(C)C)c1. The summed E-state index contributed by atoms with van der Waals surface area (Å²) in [5, 5.41) is 6.85. The number of nitrogens with one attached hydrogen (secondary N) is 1. The molecule has 26 heavy (non-hydrogen) atoms. The molecule has 1 aromatic carbocycles. The summed E-state index contributed by atoms with van der Waals surface area (Å²) >= 11 is 0. The van der Waals surface area contributed by atoms with Crippen molar-refractivity contribution in [1.82, 2.24) is 9.78 Å². The van der Waals surface area contributed by atoms with Crippen molar-refractivity contribution in [1.29, 1.82) is 0 Å². The molecule has 7 heteroatoms. The van der Waals surface area contributed by atoms with Crippen molar-refractivity contribution in [2.24, 2.45) is 0 Å². The number of methoxy groups -OCH3 is 1. The number of hydrogen-bond donors (Lipinski definition) is 1. The van der Waals surface area contributed by atoms with Crippen molar-refractivity contribution in [2.45, 2.75) is 32.9 Å². The van der Waals surface area contributed by atoms with E-state index in [0.717, 1.165) is 5.56 Å². The third-order valence-corrected chi connectivity index (χ3v) is 3.58. The first-order valence-corrected chi connectivity index (χ1v) is 8.28. The van der Waals surface area contributed by atoms with Gasteiger partial charge >= 0.3 is 5.97 Å². The summed E-state index contributed by atoms with van der Waals surface area (Å²) in [5.41, 5.74) is 0.791. The summed E-state index contributed by atoms with van der Waals surface area (Å²) in [7, 11) is 1.57. The van der Waals surface area contributed by atoms with Crippen LogP contribution in [0.15, 0.2) is 42.6 Å². The first kappa shape index (κ1) is 19.2. The van der Waals surface area contributed by atoms with E-state index in [0.29, 0.717) is 11.6 Å². The second-order valence-corrected chi connectivity index (χ2v) is 5.93. The average molecular weight is 357 g/mol. The monoisotopic (exact) mass is 357 g/mol. The van der Waals surface area contributed by atoms with Gasteiger partial charge in [-0.25, -0.2) is 9.48 Å². The molecule has 1 aromatic heterocycles. The molecule has 0 aliphatic rings. The molecule has 2 aromatic rings. The number of anilines is 1. The van der Waals surface area contributed by atoms with Crippen molar-refractivity contribution in [3.8, 4) is 5.75 Å². The van der Waals surface area contributed by atoms with Crippen LogP contribution in [0.4, 0.5) is 5.82 Å². The quantitative estimate of drug-likeness (QED) is 0.608. The minimum Gasteiger partial charge on any atom is -0.497 e. The van der Waals surface area contributed by atoms with Crippen LogP contribution in [0.5, 0.6) is 5.75 Å². The van der Waals surface area contributed by atoms with Gasteiger partial charge in [0.05, 0.1) is 13.3 Å². The minimum absolute atomic E-state index is 0.101. The molecule has 138 valence electrons. The van der Waals surface area contributed by atoms with E-state index >= 15 is 0 Å². The summed E-state index contributed by atoms with van der Waals surface area (Å²) < 4.78 is 11.9. The number of carbonyl (C=O) groups is 2. The molecule has 0 unspecified atom stereocenters. The van der Waals surface area contributed by atoms with Crippen LogP contribution in [-0.4, -0.2) is 34.9 Å². The highest BCUT2D eigenvalue weighted by atomic mass is 16.5. The van der Waals surface area contributed by atoms with Gasteiger partial charge in [0, 0.05) is 18.2 Å². The lowest BCUT2D eigenvalue weighted by molar-refractivity contribution is -0.148. The zero-order valence-electron chi connectivity index (χ0n) is 15.3. The number of esters is 1. The molecule has 7 nitrogen and oxygen atoms in total. The van der Waals surface area contributed by atoms with E-state index in [1.165, 1.54) is 13.0 Å². The van der Waals surface area contributed by atoms with E-state index in [1.807, 2.05) is 32.0 Å². The van der Waals surface area contributed by atoms with Crippen molar-refractivity contribution in [3.05, 3.63) is 48.2 Å². The Morgan fingerprint density at radius 1 is 1.23 bits per heavy atom. The third kappa shape index (κ3) is 5.20. The smallest absolute Gasteiger partial charge is 0.331 e. The first-order chi connectivity index (χ1) is 12.4. The van der Waals surface area contributed by atoms with Gasteiger partial charge in [-0.2, -0.15) is 5.10 Å². The van der Waals surface area contributed by atoms with E-state index < -0.39 is 18.0 Å². The minimum atomic E-state index is -0.937. The van der Waals surface area contributed by atoms with Crippen molar-refractivity contribution in [2.75, 3.05) is 12.4 Å². The number of ether oxygens (including phenoxy) is 2. The lowest BCUT2D eigenvalue weighted by atomic mass is 10.2. The number of aromatic nitrogens is 2. The number of nitrogens with zero attached hydrogens (tertiary/aromatic N) is 2. The molecule has 1 heterocycles. The Balaban J connectivity index is 1.92. The van der Waals surface area contributed by atoms with Crippen LogP contribution < -0.4 is 10.1 Å². The van der Waals surface area contributed by atoms with Gasteiger partial charge in [-0.15, -0.1) is 0 Å². The van der Waals surface area contributed by atoms with E-state index in [-0.39, 0.29) is 6.04 Å². The zero-order valence-corrected chi connectivity index (χ0v) is 15.3. The maximum absolute atomic E-state index is 12.2. The fourth-order valence-electron chi connectivity index (χ4n) is 2.23. The molecule has 0 radical (unpaired) electrons. The molecule has 0 aliphatic heterocycles. The van der Waals surface area contributed by atoms with Crippen molar-refractivity contribution >= 4 is 23.8 Å². The summed E-state index contributed by atoms with van der Waals surface area (Å²) in [6.45, 7) is 5.42. The van der Waals surface area contributed by atoms with Gasteiger partial charge in [0.1, 0.15) is 11.6 Å². The number of amides is 1. The van der Waals surface area contributed by atoms with Crippen LogP contribution in [0.2, 0.25) is 0 Å². The van der Waals surface area contributed by atoms with Gasteiger partial charge in [-0.1, -0.05) is 12.1 Å². The molecule has 0 spiro atoms. The molecule has 0 saturated carbocycles. The standard InChI is InChI=1S/C19H23N3O4/c1-13(2)22-17(10-11-20-22)21-19(24)14(3)26-18(23)9-8-15-6-5-7-16(12-15)25-4/h5-14H,1-4H3,(H,21,24)/b9-8+/t14-/m0/s1. The highest BCUT2D eigenvalue weighted by Gasteiger charge is 2.18. The molecular weight excluding hydrogens is 334 g/mol. The second-order valence-electron chi connectivity index (χ2n) is 5.93. The Hall–Kier alpha value is -3.09. The molecule has 0 bridgehead atoms. The summed E-state index contributed by atoms with van der Waals surface area (Å²) in [5.74, 6) is 0.221. The number of rotatable bonds is 7. The van der Waals surface area contributed by atoms with Gasteiger partial charge in [-0.05, 0) is 44.5 Å². The molecule has 0 fully saturated rings. The molecule has 1 amide bonds. The number of hydrogen-bond acceptors (Lipinski definition) is 5. The highest BCUT2D eigenvalue weighted by Crippen LogP contribution is 2.15. The molecule has 1 atom stereocenters. The largest absolute Gasteiger partial charge is 0.497 e. The Morgan fingerprint density at radius 3 is 2.69 bits per heavy atom. The highest BCUT2D eigenvalue weighted by molar-refractivity contribution is 5.96. The Bertz CT molecular complexity index is 796. The number of carbonyl (C=O) groups excluding carboxylic acids is 2. The van der Waals surface area contributed by atoms with Gasteiger partial charge in [0.2, 0.25) is 0 Å². The Labute approximate surface area is 152 Å². The fourth-order valence-corrected chi connectivity index (χ4v) is 2.23. The maximum Gasteiger partial charge on any atom is 0.331 e. The van der Waals surface area contributed by atoms with Crippen LogP contribution in [-0.2, 0) is 14.3 Å².